The van der Waals surface area contributed by atoms with E-state index in [-0.39, 0.29) is 0 Å². The van der Waals surface area contributed by atoms with Crippen molar-refractivity contribution in [2.75, 3.05) is 0 Å². The van der Waals surface area contributed by atoms with Gasteiger partial charge in [0.15, 0.2) is 5.67 Å². The third kappa shape index (κ3) is 0.716. The van der Waals surface area contributed by atoms with Crippen molar-refractivity contribution in [1.29, 1.82) is 0 Å². The first kappa shape index (κ1) is 7.18. The fourth-order valence-electron chi connectivity index (χ4n) is 0.785. The van der Waals surface area contributed by atoms with Gasteiger partial charge in [0.1, 0.15) is 0 Å². The highest BCUT2D eigenvalue weighted by Crippen LogP contribution is 2.26. The maximum Gasteiger partial charge on any atom is 0.264 e. The molecular weight excluding hydrogens is 137 g/mol. The van der Waals surface area contributed by atoms with Crippen LogP contribution in [0.2, 0.25) is 0 Å². The first-order valence-electron chi connectivity index (χ1n) is 3.00. The molecule has 3 nitrogen and oxygen atoms in total. The second-order valence-corrected chi connectivity index (χ2v) is 2.62. The molecule has 0 aromatic heterocycles. The van der Waals surface area contributed by atoms with Crippen LogP contribution in [0, 0.1) is 5.92 Å². The van der Waals surface area contributed by atoms with Crippen molar-refractivity contribution in [2.24, 2.45) is 5.92 Å². The van der Waals surface area contributed by atoms with Gasteiger partial charge < -0.3 is 0 Å². The summed E-state index contributed by atoms with van der Waals surface area (Å²) in [4.78, 5) is 21.2. The van der Waals surface area contributed by atoms with Crippen molar-refractivity contribution in [2.45, 2.75) is 19.5 Å². The monoisotopic (exact) mass is 145 g/mol. The summed E-state index contributed by atoms with van der Waals surface area (Å²) in [6.07, 6.45) is 0. The van der Waals surface area contributed by atoms with Crippen LogP contribution in [0.1, 0.15) is 13.8 Å². The summed E-state index contributed by atoms with van der Waals surface area (Å²) in [6, 6.07) is 0. The van der Waals surface area contributed by atoms with E-state index in [4.69, 9.17) is 0 Å². The number of rotatable bonds is 0. The Bertz CT molecular complexity index is 200. The molecular formula is C6H8FNO2. The van der Waals surface area contributed by atoms with Crippen LogP contribution in [0.4, 0.5) is 4.39 Å². The minimum atomic E-state index is -2.02. The highest BCUT2D eigenvalue weighted by atomic mass is 19.1. The number of amides is 2. The van der Waals surface area contributed by atoms with Gasteiger partial charge in [0.05, 0.1) is 5.92 Å². The number of hydrogen-bond acceptors (Lipinski definition) is 2. The molecule has 0 aromatic carbocycles. The van der Waals surface area contributed by atoms with Gasteiger partial charge in [-0.2, -0.15) is 0 Å². The van der Waals surface area contributed by atoms with Crippen molar-refractivity contribution in [3.05, 3.63) is 0 Å². The van der Waals surface area contributed by atoms with Gasteiger partial charge in [-0.25, -0.2) is 4.39 Å². The number of alkyl halides is 1. The van der Waals surface area contributed by atoms with Crippen LogP contribution in [-0.2, 0) is 9.59 Å². The molecule has 4 heteroatoms. The van der Waals surface area contributed by atoms with Crippen LogP contribution in [0.3, 0.4) is 0 Å². The lowest BCUT2D eigenvalue weighted by Gasteiger charge is -2.11. The number of carbonyl (C=O) groups is 2. The first-order valence-corrected chi connectivity index (χ1v) is 3.00. The van der Waals surface area contributed by atoms with E-state index < -0.39 is 23.4 Å². The van der Waals surface area contributed by atoms with E-state index in [0.717, 1.165) is 6.92 Å². The Morgan fingerprint density at radius 2 is 2.10 bits per heavy atom. The third-order valence-electron chi connectivity index (χ3n) is 1.89. The van der Waals surface area contributed by atoms with Crippen molar-refractivity contribution in [3.8, 4) is 0 Å². The first-order chi connectivity index (χ1) is 4.46. The lowest BCUT2D eigenvalue weighted by atomic mass is 9.96. The van der Waals surface area contributed by atoms with Gasteiger partial charge in [0, 0.05) is 0 Å². The van der Waals surface area contributed by atoms with Gasteiger partial charge in [-0.05, 0) is 13.8 Å². The van der Waals surface area contributed by atoms with Crippen LogP contribution in [0.15, 0.2) is 0 Å². The summed E-state index contributed by atoms with van der Waals surface area (Å²) in [7, 11) is 0. The molecule has 0 radical (unpaired) electrons. The number of nitrogens with one attached hydrogen (secondary N) is 1. The summed E-state index contributed by atoms with van der Waals surface area (Å²) in [5.41, 5.74) is -2.02. The molecule has 0 spiro atoms. The lowest BCUT2D eigenvalue weighted by Crippen LogP contribution is -2.33. The Balaban J connectivity index is 2.96. The molecule has 1 saturated heterocycles. The van der Waals surface area contributed by atoms with Gasteiger partial charge in [-0.15, -0.1) is 0 Å². The van der Waals surface area contributed by atoms with Crippen molar-refractivity contribution in [3.63, 3.8) is 0 Å². The molecule has 1 aliphatic heterocycles. The van der Waals surface area contributed by atoms with Crippen LogP contribution >= 0.6 is 0 Å². The normalized spacial score (nSPS) is 40.1. The topological polar surface area (TPSA) is 46.2 Å². The third-order valence-corrected chi connectivity index (χ3v) is 1.89. The van der Waals surface area contributed by atoms with Crippen LogP contribution in [-0.4, -0.2) is 17.5 Å². The fourth-order valence-corrected chi connectivity index (χ4v) is 0.785. The predicted molar refractivity (Wildman–Crippen MR) is 31.8 cm³/mol. The molecule has 1 heterocycles. The Hall–Kier alpha value is -0.930. The molecule has 0 bridgehead atoms. The minimum Gasteiger partial charge on any atom is -0.293 e. The van der Waals surface area contributed by atoms with Gasteiger partial charge in [-0.3, -0.25) is 14.9 Å². The number of imide groups is 1. The Labute approximate surface area is 57.6 Å². The van der Waals surface area contributed by atoms with E-state index >= 15 is 0 Å². The maximum atomic E-state index is 13.0. The van der Waals surface area contributed by atoms with E-state index in [0.29, 0.717) is 0 Å². The van der Waals surface area contributed by atoms with Crippen LogP contribution in [0.5, 0.6) is 0 Å². The smallest absolute Gasteiger partial charge is 0.264 e. The molecule has 1 fully saturated rings. The zero-order chi connectivity index (χ0) is 7.94. The zero-order valence-corrected chi connectivity index (χ0v) is 5.77. The van der Waals surface area contributed by atoms with E-state index in [9.17, 15) is 14.0 Å². The van der Waals surface area contributed by atoms with Crippen molar-refractivity contribution >= 4 is 11.8 Å². The number of hydrogen-bond donors (Lipinski definition) is 1. The SMILES string of the molecule is CC1C(=O)NC(=O)C1(C)F. The number of halogens is 1. The molecule has 2 unspecified atom stereocenters. The highest BCUT2D eigenvalue weighted by Gasteiger charge is 2.49. The van der Waals surface area contributed by atoms with Gasteiger partial charge in [0.2, 0.25) is 5.91 Å². The number of carbonyl (C=O) groups excluding carboxylic acids is 2. The second kappa shape index (κ2) is 1.78. The highest BCUT2D eigenvalue weighted by molar-refractivity contribution is 6.08. The second-order valence-electron chi connectivity index (χ2n) is 2.62. The van der Waals surface area contributed by atoms with Gasteiger partial charge in [-0.1, -0.05) is 0 Å². The molecule has 0 saturated carbocycles. The minimum absolute atomic E-state index is 0.532. The van der Waals surface area contributed by atoms with Gasteiger partial charge in [0.25, 0.3) is 5.91 Å². The Morgan fingerprint density at radius 3 is 2.20 bits per heavy atom. The summed E-state index contributed by atoms with van der Waals surface area (Å²) >= 11 is 0. The van der Waals surface area contributed by atoms with E-state index in [1.165, 1.54) is 6.92 Å². The molecule has 0 aliphatic carbocycles. The molecule has 1 aliphatic rings. The van der Waals surface area contributed by atoms with Gasteiger partial charge >= 0.3 is 0 Å². The predicted octanol–water partition coefficient (Wildman–Crippen LogP) is 0.00710. The molecule has 56 valence electrons. The maximum absolute atomic E-state index is 13.0. The zero-order valence-electron chi connectivity index (χ0n) is 5.77. The summed E-state index contributed by atoms with van der Waals surface area (Å²) < 4.78 is 13.0. The molecule has 2 amide bonds. The largest absolute Gasteiger partial charge is 0.293 e. The Kier molecular flexibility index (Phi) is 1.28. The standard InChI is InChI=1S/C6H8FNO2/c1-3-4(9)8-5(10)6(3,2)7/h3H,1-2H3,(H,8,9,10). The average molecular weight is 145 g/mol. The molecule has 10 heavy (non-hydrogen) atoms. The van der Waals surface area contributed by atoms with E-state index in [2.05, 4.69) is 0 Å². The lowest BCUT2D eigenvalue weighted by molar-refractivity contribution is -0.129. The quantitative estimate of drug-likeness (QED) is 0.488. The van der Waals surface area contributed by atoms with Crippen LogP contribution < -0.4 is 5.32 Å². The fraction of sp³-hybridized carbons (Fsp3) is 0.667. The van der Waals surface area contributed by atoms with Crippen molar-refractivity contribution in [1.82, 2.24) is 5.32 Å². The Morgan fingerprint density at radius 1 is 1.60 bits per heavy atom. The molecule has 2 atom stereocenters. The van der Waals surface area contributed by atoms with E-state index in [1.807, 2.05) is 5.32 Å². The molecule has 1 rings (SSSR count). The van der Waals surface area contributed by atoms with E-state index in [1.54, 1.807) is 0 Å². The molecule has 1 N–H and O–H groups in total. The summed E-state index contributed by atoms with van der Waals surface area (Å²) in [5.74, 6) is -2.22. The van der Waals surface area contributed by atoms with Crippen molar-refractivity contribution < 1.29 is 14.0 Å². The summed E-state index contributed by atoms with van der Waals surface area (Å²) in [6.45, 7) is 2.50. The average Bonchev–Trinajstić information content (AvgIpc) is 1.97. The van der Waals surface area contributed by atoms with Crippen LogP contribution in [0.25, 0.3) is 0 Å². The summed E-state index contributed by atoms with van der Waals surface area (Å²) in [5, 5.41) is 1.90. The molecule has 0 aromatic rings.